The molecule has 2 nitrogen and oxygen atoms in total. The Morgan fingerprint density at radius 1 is 1.21 bits per heavy atom. The fraction of sp³-hybridized carbons (Fsp3) is 0.455. The van der Waals surface area contributed by atoms with Crippen molar-refractivity contribution in [1.82, 2.24) is 0 Å². The zero-order chi connectivity index (χ0) is 10.4. The van der Waals surface area contributed by atoms with Gasteiger partial charge in [0.1, 0.15) is 0 Å². The standard InChI is InChI=1S/C11H18N2S/c1-9(12)7-10(13)8-14-11-5-3-2-4-6-11/h2-6,9-10H,7-8,12-13H2,1H3. The Bertz CT molecular complexity index is 249. The maximum Gasteiger partial charge on any atom is 0.0148 e. The molecule has 0 amide bonds. The van der Waals surface area contributed by atoms with Crippen molar-refractivity contribution < 1.29 is 0 Å². The van der Waals surface area contributed by atoms with Crippen molar-refractivity contribution >= 4 is 11.8 Å². The maximum absolute atomic E-state index is 5.92. The highest BCUT2D eigenvalue weighted by Crippen LogP contribution is 2.18. The van der Waals surface area contributed by atoms with Crippen LogP contribution in [0.3, 0.4) is 0 Å². The van der Waals surface area contributed by atoms with E-state index < -0.39 is 0 Å². The van der Waals surface area contributed by atoms with Crippen LogP contribution in [-0.4, -0.2) is 17.8 Å². The number of nitrogens with two attached hydrogens (primary N) is 2. The molecule has 0 saturated heterocycles. The van der Waals surface area contributed by atoms with Crippen LogP contribution in [0.4, 0.5) is 0 Å². The van der Waals surface area contributed by atoms with Crippen LogP contribution in [-0.2, 0) is 0 Å². The SMILES string of the molecule is CC(N)CC(N)CSc1ccccc1. The summed E-state index contributed by atoms with van der Waals surface area (Å²) < 4.78 is 0. The minimum Gasteiger partial charge on any atom is -0.328 e. The first-order chi connectivity index (χ1) is 6.68. The predicted molar refractivity (Wildman–Crippen MR) is 63.4 cm³/mol. The molecule has 1 rings (SSSR count). The third-order valence-electron chi connectivity index (χ3n) is 1.88. The van der Waals surface area contributed by atoms with Gasteiger partial charge in [0.15, 0.2) is 0 Å². The molecule has 0 aliphatic heterocycles. The second-order valence-electron chi connectivity index (χ2n) is 3.60. The summed E-state index contributed by atoms with van der Waals surface area (Å²) in [6, 6.07) is 10.7. The average molecular weight is 210 g/mol. The van der Waals surface area contributed by atoms with Crippen molar-refractivity contribution in [3.05, 3.63) is 30.3 Å². The highest BCUT2D eigenvalue weighted by atomic mass is 32.2. The first-order valence-corrected chi connectivity index (χ1v) is 5.86. The van der Waals surface area contributed by atoms with E-state index in [0.29, 0.717) is 0 Å². The van der Waals surface area contributed by atoms with Crippen molar-refractivity contribution in [2.24, 2.45) is 11.5 Å². The Morgan fingerprint density at radius 3 is 2.43 bits per heavy atom. The molecule has 1 aromatic rings. The van der Waals surface area contributed by atoms with Gasteiger partial charge in [0.25, 0.3) is 0 Å². The first kappa shape index (κ1) is 11.6. The van der Waals surface area contributed by atoms with Crippen LogP contribution in [0.15, 0.2) is 35.2 Å². The Morgan fingerprint density at radius 2 is 1.86 bits per heavy atom. The zero-order valence-electron chi connectivity index (χ0n) is 8.52. The summed E-state index contributed by atoms with van der Waals surface area (Å²) in [5.41, 5.74) is 11.6. The summed E-state index contributed by atoms with van der Waals surface area (Å²) in [7, 11) is 0. The number of hydrogen-bond acceptors (Lipinski definition) is 3. The fourth-order valence-electron chi connectivity index (χ4n) is 1.27. The smallest absolute Gasteiger partial charge is 0.0148 e. The molecule has 0 radical (unpaired) electrons. The van der Waals surface area contributed by atoms with Gasteiger partial charge in [-0.3, -0.25) is 0 Å². The lowest BCUT2D eigenvalue weighted by Crippen LogP contribution is -2.31. The molecule has 0 heterocycles. The molecule has 0 spiro atoms. The lowest BCUT2D eigenvalue weighted by molar-refractivity contribution is 0.585. The van der Waals surface area contributed by atoms with Crippen LogP contribution in [0.2, 0.25) is 0 Å². The Hall–Kier alpha value is -0.510. The number of rotatable bonds is 5. The minimum atomic E-state index is 0.195. The molecular formula is C11H18N2S. The van der Waals surface area contributed by atoms with Gasteiger partial charge in [-0.05, 0) is 25.5 Å². The predicted octanol–water partition coefficient (Wildman–Crippen LogP) is 1.84. The summed E-state index contributed by atoms with van der Waals surface area (Å²) in [5, 5.41) is 0. The Balaban J connectivity index is 2.27. The van der Waals surface area contributed by atoms with E-state index in [0.717, 1.165) is 12.2 Å². The van der Waals surface area contributed by atoms with E-state index in [1.165, 1.54) is 4.90 Å². The highest BCUT2D eigenvalue weighted by Gasteiger charge is 2.05. The van der Waals surface area contributed by atoms with Crippen LogP contribution in [0.1, 0.15) is 13.3 Å². The molecular weight excluding hydrogens is 192 g/mol. The van der Waals surface area contributed by atoms with Crippen molar-refractivity contribution in [2.45, 2.75) is 30.3 Å². The lowest BCUT2D eigenvalue weighted by Gasteiger charge is -2.13. The molecule has 0 aliphatic rings. The van der Waals surface area contributed by atoms with E-state index in [1.807, 2.05) is 25.1 Å². The van der Waals surface area contributed by atoms with Crippen LogP contribution in [0.5, 0.6) is 0 Å². The molecule has 14 heavy (non-hydrogen) atoms. The number of hydrogen-bond donors (Lipinski definition) is 2. The normalized spacial score (nSPS) is 15.1. The van der Waals surface area contributed by atoms with Crippen LogP contribution >= 0.6 is 11.8 Å². The van der Waals surface area contributed by atoms with E-state index in [-0.39, 0.29) is 12.1 Å². The largest absolute Gasteiger partial charge is 0.328 e. The summed E-state index contributed by atoms with van der Waals surface area (Å²) in [5.74, 6) is 0.936. The van der Waals surface area contributed by atoms with E-state index >= 15 is 0 Å². The molecule has 0 bridgehead atoms. The van der Waals surface area contributed by atoms with Gasteiger partial charge in [0, 0.05) is 22.7 Å². The van der Waals surface area contributed by atoms with Gasteiger partial charge in [-0.25, -0.2) is 0 Å². The molecule has 0 aromatic heterocycles. The molecule has 0 saturated carbocycles. The van der Waals surface area contributed by atoms with Gasteiger partial charge in [-0.15, -0.1) is 11.8 Å². The zero-order valence-corrected chi connectivity index (χ0v) is 9.34. The van der Waals surface area contributed by atoms with E-state index in [9.17, 15) is 0 Å². The van der Waals surface area contributed by atoms with Gasteiger partial charge < -0.3 is 11.5 Å². The molecule has 2 atom stereocenters. The second kappa shape index (κ2) is 6.06. The molecule has 78 valence electrons. The van der Waals surface area contributed by atoms with Crippen molar-refractivity contribution in [3.8, 4) is 0 Å². The minimum absolute atomic E-state index is 0.195. The molecule has 4 N–H and O–H groups in total. The maximum atomic E-state index is 5.92. The van der Waals surface area contributed by atoms with Gasteiger partial charge in [-0.2, -0.15) is 0 Å². The Labute approximate surface area is 90.1 Å². The topological polar surface area (TPSA) is 52.0 Å². The van der Waals surface area contributed by atoms with Crippen molar-refractivity contribution in [3.63, 3.8) is 0 Å². The fourth-order valence-corrected chi connectivity index (χ4v) is 2.16. The number of benzene rings is 1. The molecule has 2 unspecified atom stereocenters. The molecule has 1 aromatic carbocycles. The van der Waals surface area contributed by atoms with E-state index in [2.05, 4.69) is 12.1 Å². The van der Waals surface area contributed by atoms with Gasteiger partial charge in [0.05, 0.1) is 0 Å². The van der Waals surface area contributed by atoms with Crippen molar-refractivity contribution in [1.29, 1.82) is 0 Å². The van der Waals surface area contributed by atoms with Crippen molar-refractivity contribution in [2.75, 3.05) is 5.75 Å². The first-order valence-electron chi connectivity index (χ1n) is 4.87. The average Bonchev–Trinajstić information content (AvgIpc) is 2.15. The van der Waals surface area contributed by atoms with Crippen LogP contribution < -0.4 is 11.5 Å². The van der Waals surface area contributed by atoms with E-state index in [4.69, 9.17) is 11.5 Å². The Kier molecular flexibility index (Phi) is 5.01. The van der Waals surface area contributed by atoms with Gasteiger partial charge >= 0.3 is 0 Å². The molecule has 3 heteroatoms. The van der Waals surface area contributed by atoms with E-state index in [1.54, 1.807) is 11.8 Å². The third-order valence-corrected chi connectivity index (χ3v) is 3.08. The van der Waals surface area contributed by atoms with Gasteiger partial charge in [0.2, 0.25) is 0 Å². The number of thioether (sulfide) groups is 1. The van der Waals surface area contributed by atoms with Crippen LogP contribution in [0, 0.1) is 0 Å². The molecule has 0 fully saturated rings. The summed E-state index contributed by atoms with van der Waals surface area (Å²) in [6.45, 7) is 1.99. The molecule has 0 aliphatic carbocycles. The second-order valence-corrected chi connectivity index (χ2v) is 4.69. The summed E-state index contributed by atoms with van der Waals surface area (Å²) >= 11 is 1.79. The lowest BCUT2D eigenvalue weighted by atomic mass is 10.1. The third kappa shape index (κ3) is 4.65. The monoisotopic (exact) mass is 210 g/mol. The van der Waals surface area contributed by atoms with Crippen LogP contribution in [0.25, 0.3) is 0 Å². The highest BCUT2D eigenvalue weighted by molar-refractivity contribution is 7.99. The van der Waals surface area contributed by atoms with Gasteiger partial charge in [-0.1, -0.05) is 18.2 Å². The summed E-state index contributed by atoms with van der Waals surface area (Å²) in [4.78, 5) is 1.27. The summed E-state index contributed by atoms with van der Waals surface area (Å²) in [6.07, 6.45) is 0.889. The quantitative estimate of drug-likeness (QED) is 0.729.